The van der Waals surface area contributed by atoms with Gasteiger partial charge in [-0.05, 0) is 62.2 Å². The van der Waals surface area contributed by atoms with Gasteiger partial charge in [-0.25, -0.2) is 13.6 Å². The summed E-state index contributed by atoms with van der Waals surface area (Å²) in [4.78, 5) is 12.6. The number of rotatable bonds is 5. The van der Waals surface area contributed by atoms with Crippen LogP contribution < -0.4 is 10.1 Å². The van der Waals surface area contributed by atoms with E-state index in [1.54, 1.807) is 12.1 Å². The fourth-order valence-electron chi connectivity index (χ4n) is 4.33. The van der Waals surface area contributed by atoms with Crippen molar-refractivity contribution in [1.82, 2.24) is 0 Å². The maximum absolute atomic E-state index is 14.1. The van der Waals surface area contributed by atoms with Gasteiger partial charge < -0.3 is 14.8 Å². The number of nitrogens with one attached hydrogen (secondary N) is 1. The third-order valence-electron chi connectivity index (χ3n) is 5.64. The molecular weight excluding hydrogens is 424 g/mol. The second-order valence-corrected chi connectivity index (χ2v) is 8.59. The molecule has 1 aliphatic rings. The molecule has 1 aliphatic heterocycles. The monoisotopic (exact) mass is 449 g/mol. The predicted molar refractivity (Wildman–Crippen MR) is 125 cm³/mol. The molecule has 170 valence electrons. The Balaban J connectivity index is 1.83. The number of benzene rings is 3. The van der Waals surface area contributed by atoms with Crippen LogP contribution in [0, 0.1) is 11.6 Å². The summed E-state index contributed by atoms with van der Waals surface area (Å²) in [5.74, 6) is -1.45. The van der Waals surface area contributed by atoms with Gasteiger partial charge in [0.2, 0.25) is 0 Å². The quantitative estimate of drug-likeness (QED) is 0.446. The molecule has 0 unspecified atom stereocenters. The Morgan fingerprint density at radius 1 is 1.03 bits per heavy atom. The summed E-state index contributed by atoms with van der Waals surface area (Å²) < 4.78 is 38.9. The van der Waals surface area contributed by atoms with E-state index in [4.69, 9.17) is 9.47 Å². The van der Waals surface area contributed by atoms with E-state index in [0.29, 0.717) is 11.3 Å². The minimum absolute atomic E-state index is 0.0977. The molecule has 3 aromatic carbocycles. The summed E-state index contributed by atoms with van der Waals surface area (Å²) in [5, 5.41) is 3.48. The van der Waals surface area contributed by atoms with Crippen LogP contribution in [0.2, 0.25) is 0 Å². The molecule has 33 heavy (non-hydrogen) atoms. The van der Waals surface area contributed by atoms with Crippen molar-refractivity contribution >= 4 is 17.2 Å². The average Bonchev–Trinajstić information content (AvgIpc) is 2.76. The van der Waals surface area contributed by atoms with Crippen LogP contribution in [0.1, 0.15) is 42.3 Å². The van der Waals surface area contributed by atoms with Crippen LogP contribution in [0.25, 0.3) is 16.7 Å². The molecule has 3 aromatic rings. The highest BCUT2D eigenvalue weighted by Gasteiger charge is 2.27. The predicted octanol–water partition coefficient (Wildman–Crippen LogP) is 6.60. The van der Waals surface area contributed by atoms with Crippen LogP contribution in [0.3, 0.4) is 0 Å². The molecule has 0 amide bonds. The average molecular weight is 449 g/mol. The van der Waals surface area contributed by atoms with Crippen LogP contribution in [-0.4, -0.2) is 18.6 Å². The summed E-state index contributed by atoms with van der Waals surface area (Å²) in [6.07, 6.45) is 2.10. The molecule has 0 saturated heterocycles. The number of fused-ring (bicyclic) bond motifs is 1. The molecule has 4 rings (SSSR count). The first-order valence-corrected chi connectivity index (χ1v) is 10.6. The SMILES string of the molecule is COc1cc(F)ccc1-c1ccc2c(c1COC(=O)c1ccccc1F)C(C)=CC(C)(C)N2. The highest BCUT2D eigenvalue weighted by atomic mass is 19.1. The molecule has 0 atom stereocenters. The van der Waals surface area contributed by atoms with Gasteiger partial charge in [0.1, 0.15) is 24.0 Å². The van der Waals surface area contributed by atoms with Gasteiger partial charge in [-0.3, -0.25) is 0 Å². The lowest BCUT2D eigenvalue weighted by Gasteiger charge is -2.33. The Morgan fingerprint density at radius 2 is 1.76 bits per heavy atom. The van der Waals surface area contributed by atoms with Crippen molar-refractivity contribution in [3.63, 3.8) is 0 Å². The lowest BCUT2D eigenvalue weighted by atomic mass is 9.85. The molecule has 1 N–H and O–H groups in total. The number of hydrogen-bond donors (Lipinski definition) is 1. The summed E-state index contributed by atoms with van der Waals surface area (Å²) in [7, 11) is 1.48. The maximum atomic E-state index is 14.1. The molecule has 0 bridgehead atoms. The van der Waals surface area contributed by atoms with Crippen LogP contribution in [0.15, 0.2) is 60.7 Å². The lowest BCUT2D eigenvalue weighted by Crippen LogP contribution is -2.32. The van der Waals surface area contributed by atoms with Crippen LogP contribution in [-0.2, 0) is 11.3 Å². The van der Waals surface area contributed by atoms with E-state index in [9.17, 15) is 13.6 Å². The highest BCUT2D eigenvalue weighted by Crippen LogP contribution is 2.42. The number of allylic oxidation sites excluding steroid dienone is 1. The third kappa shape index (κ3) is 4.46. The normalized spacial score (nSPS) is 14.1. The Bertz CT molecular complexity index is 1260. The van der Waals surface area contributed by atoms with Crippen LogP contribution in [0.4, 0.5) is 14.5 Å². The van der Waals surface area contributed by atoms with Crippen molar-refractivity contribution in [2.24, 2.45) is 0 Å². The third-order valence-corrected chi connectivity index (χ3v) is 5.64. The fraction of sp³-hybridized carbons (Fsp3) is 0.222. The number of anilines is 1. The van der Waals surface area contributed by atoms with Crippen molar-refractivity contribution in [1.29, 1.82) is 0 Å². The Kier molecular flexibility index (Phi) is 5.93. The number of carbonyl (C=O) groups is 1. The van der Waals surface area contributed by atoms with Crippen molar-refractivity contribution in [2.45, 2.75) is 32.9 Å². The summed E-state index contributed by atoms with van der Waals surface area (Å²) in [6, 6.07) is 13.8. The van der Waals surface area contributed by atoms with Crippen molar-refractivity contribution in [2.75, 3.05) is 12.4 Å². The maximum Gasteiger partial charge on any atom is 0.341 e. The van der Waals surface area contributed by atoms with Gasteiger partial charge in [0.25, 0.3) is 0 Å². The smallest absolute Gasteiger partial charge is 0.341 e. The van der Waals surface area contributed by atoms with E-state index in [0.717, 1.165) is 28.0 Å². The number of hydrogen-bond acceptors (Lipinski definition) is 4. The zero-order valence-corrected chi connectivity index (χ0v) is 19.0. The molecule has 0 fully saturated rings. The highest BCUT2D eigenvalue weighted by molar-refractivity contribution is 5.91. The lowest BCUT2D eigenvalue weighted by molar-refractivity contribution is 0.0467. The van der Waals surface area contributed by atoms with Gasteiger partial charge in [0.05, 0.1) is 18.2 Å². The van der Waals surface area contributed by atoms with Crippen LogP contribution in [0.5, 0.6) is 5.75 Å². The Hall–Kier alpha value is -3.67. The van der Waals surface area contributed by atoms with Gasteiger partial charge in [0.15, 0.2) is 0 Å². The fourth-order valence-corrected chi connectivity index (χ4v) is 4.33. The van der Waals surface area contributed by atoms with E-state index < -0.39 is 17.6 Å². The number of ether oxygens (including phenoxy) is 2. The zero-order chi connectivity index (χ0) is 23.8. The van der Waals surface area contributed by atoms with Gasteiger partial charge in [-0.1, -0.05) is 24.3 Å². The molecule has 1 heterocycles. The van der Waals surface area contributed by atoms with Crippen molar-refractivity contribution in [3.05, 3.63) is 89.0 Å². The summed E-state index contributed by atoms with van der Waals surface area (Å²) in [5.41, 5.74) is 4.52. The second kappa shape index (κ2) is 8.70. The van der Waals surface area contributed by atoms with E-state index >= 15 is 0 Å². The first-order valence-electron chi connectivity index (χ1n) is 10.6. The second-order valence-electron chi connectivity index (χ2n) is 8.59. The molecule has 6 heteroatoms. The Morgan fingerprint density at radius 3 is 2.48 bits per heavy atom. The number of halogens is 2. The van der Waals surface area contributed by atoms with Crippen LogP contribution >= 0.6 is 0 Å². The first-order chi connectivity index (χ1) is 15.7. The number of carbonyl (C=O) groups excluding carboxylic acids is 1. The minimum Gasteiger partial charge on any atom is -0.496 e. The minimum atomic E-state index is -0.756. The molecule has 0 spiro atoms. The Labute approximate surface area is 191 Å². The number of esters is 1. The largest absolute Gasteiger partial charge is 0.496 e. The van der Waals surface area contributed by atoms with E-state index in [-0.39, 0.29) is 17.7 Å². The van der Waals surface area contributed by atoms with Crippen molar-refractivity contribution in [3.8, 4) is 16.9 Å². The van der Waals surface area contributed by atoms with Gasteiger partial charge >= 0.3 is 5.97 Å². The van der Waals surface area contributed by atoms with E-state index in [1.165, 1.54) is 37.4 Å². The molecule has 4 nitrogen and oxygen atoms in total. The first kappa shape index (κ1) is 22.5. The topological polar surface area (TPSA) is 47.6 Å². The molecule has 0 aromatic heterocycles. The van der Waals surface area contributed by atoms with E-state index in [2.05, 4.69) is 25.2 Å². The zero-order valence-electron chi connectivity index (χ0n) is 19.0. The van der Waals surface area contributed by atoms with E-state index in [1.807, 2.05) is 19.1 Å². The summed E-state index contributed by atoms with van der Waals surface area (Å²) in [6.45, 7) is 6.03. The van der Waals surface area contributed by atoms with Crippen molar-refractivity contribution < 1.29 is 23.0 Å². The number of methoxy groups -OCH3 is 1. The molecule has 0 radical (unpaired) electrons. The molecule has 0 saturated carbocycles. The summed E-state index contributed by atoms with van der Waals surface area (Å²) >= 11 is 0. The molecular formula is C27H25F2NO3. The van der Waals surface area contributed by atoms with Gasteiger partial charge in [-0.15, -0.1) is 0 Å². The van der Waals surface area contributed by atoms with Gasteiger partial charge in [0, 0.05) is 28.4 Å². The molecule has 0 aliphatic carbocycles. The van der Waals surface area contributed by atoms with Gasteiger partial charge in [-0.2, -0.15) is 0 Å². The standard InChI is InChI=1S/C27H25F2NO3/c1-16-14-27(2,3)30-23-12-11-18(19-10-9-17(28)13-24(19)32-4)21(25(16)23)15-33-26(31)20-7-5-6-8-22(20)29/h5-14,30H,15H2,1-4H3.